The number of carbonyl (C=O) groups excluding carboxylic acids is 1. The second kappa shape index (κ2) is 8.34. The number of methoxy groups -OCH3 is 1. The molecule has 5 nitrogen and oxygen atoms in total. The molecule has 1 aliphatic heterocycles. The molecule has 0 bridgehead atoms. The maximum absolute atomic E-state index is 13.3. The molecule has 1 amide bonds. The van der Waals surface area contributed by atoms with Gasteiger partial charge in [0.2, 0.25) is 5.91 Å². The number of nitrogens with one attached hydrogen (secondary N) is 1. The SMILES string of the molecule is COc1ccc(C2(C(=O)NC(CO)c3ccccc3)CCOCC2)cc1. The number of carbonyl (C=O) groups is 1. The van der Waals surface area contributed by atoms with Crippen LogP contribution in [-0.2, 0) is 14.9 Å². The van der Waals surface area contributed by atoms with Crippen molar-refractivity contribution in [1.29, 1.82) is 0 Å². The topological polar surface area (TPSA) is 67.8 Å². The third-order valence-electron chi connectivity index (χ3n) is 5.11. The zero-order chi connectivity index (χ0) is 18.4. The molecule has 0 saturated carbocycles. The highest BCUT2D eigenvalue weighted by atomic mass is 16.5. The molecule has 1 atom stereocenters. The van der Waals surface area contributed by atoms with E-state index in [2.05, 4.69) is 5.32 Å². The van der Waals surface area contributed by atoms with E-state index in [9.17, 15) is 9.90 Å². The first-order valence-electron chi connectivity index (χ1n) is 8.88. The molecule has 5 heteroatoms. The number of hydrogen-bond acceptors (Lipinski definition) is 4. The van der Waals surface area contributed by atoms with Gasteiger partial charge >= 0.3 is 0 Å². The zero-order valence-electron chi connectivity index (χ0n) is 15.0. The van der Waals surface area contributed by atoms with E-state index in [-0.39, 0.29) is 12.5 Å². The van der Waals surface area contributed by atoms with Gasteiger partial charge in [0.1, 0.15) is 5.75 Å². The summed E-state index contributed by atoms with van der Waals surface area (Å²) in [5, 5.41) is 12.8. The minimum atomic E-state index is -0.660. The van der Waals surface area contributed by atoms with E-state index in [1.165, 1.54) is 0 Å². The van der Waals surface area contributed by atoms with Crippen LogP contribution in [0.25, 0.3) is 0 Å². The molecular formula is C21H25NO4. The summed E-state index contributed by atoms with van der Waals surface area (Å²) in [7, 11) is 1.62. The van der Waals surface area contributed by atoms with E-state index in [1.54, 1.807) is 7.11 Å². The molecule has 0 spiro atoms. The van der Waals surface area contributed by atoms with Gasteiger partial charge in [-0.05, 0) is 36.1 Å². The standard InChI is InChI=1S/C21H25NO4/c1-25-18-9-7-17(8-10-18)21(11-13-26-14-12-21)20(24)22-19(15-23)16-5-3-2-4-6-16/h2-10,19,23H,11-15H2,1H3,(H,22,24). The van der Waals surface area contributed by atoms with Gasteiger partial charge in [-0.15, -0.1) is 0 Å². The largest absolute Gasteiger partial charge is 0.497 e. The van der Waals surface area contributed by atoms with Crippen molar-refractivity contribution in [3.05, 3.63) is 65.7 Å². The quantitative estimate of drug-likeness (QED) is 0.836. The summed E-state index contributed by atoms with van der Waals surface area (Å²) in [6.45, 7) is 0.925. The minimum Gasteiger partial charge on any atom is -0.497 e. The Hall–Kier alpha value is -2.37. The summed E-state index contributed by atoms with van der Waals surface area (Å²) in [5.41, 5.74) is 1.18. The van der Waals surface area contributed by atoms with Gasteiger partial charge in [0.15, 0.2) is 0 Å². The highest BCUT2D eigenvalue weighted by molar-refractivity contribution is 5.88. The van der Waals surface area contributed by atoms with Crippen molar-refractivity contribution >= 4 is 5.91 Å². The molecule has 26 heavy (non-hydrogen) atoms. The van der Waals surface area contributed by atoms with Crippen LogP contribution in [0.2, 0.25) is 0 Å². The summed E-state index contributed by atoms with van der Waals surface area (Å²) < 4.78 is 10.7. The zero-order valence-corrected chi connectivity index (χ0v) is 15.0. The Kier molecular flexibility index (Phi) is 5.91. The van der Waals surface area contributed by atoms with E-state index >= 15 is 0 Å². The smallest absolute Gasteiger partial charge is 0.231 e. The number of benzene rings is 2. The number of hydrogen-bond donors (Lipinski definition) is 2. The summed E-state index contributed by atoms with van der Waals surface area (Å²) in [6, 6.07) is 16.7. The molecule has 3 rings (SSSR count). The molecule has 2 N–H and O–H groups in total. The van der Waals surface area contributed by atoms with Crippen molar-refractivity contribution in [2.45, 2.75) is 24.3 Å². The van der Waals surface area contributed by atoms with Crippen molar-refractivity contribution in [2.24, 2.45) is 0 Å². The van der Waals surface area contributed by atoms with Gasteiger partial charge in [0, 0.05) is 13.2 Å². The molecule has 1 saturated heterocycles. The number of amides is 1. The number of aliphatic hydroxyl groups is 1. The van der Waals surface area contributed by atoms with Crippen LogP contribution in [0.1, 0.15) is 30.0 Å². The van der Waals surface area contributed by atoms with E-state index in [1.807, 2.05) is 54.6 Å². The third kappa shape index (κ3) is 3.74. The highest BCUT2D eigenvalue weighted by Gasteiger charge is 2.42. The monoisotopic (exact) mass is 355 g/mol. The van der Waals surface area contributed by atoms with Crippen LogP contribution in [0.3, 0.4) is 0 Å². The molecule has 2 aromatic rings. The van der Waals surface area contributed by atoms with Crippen molar-refractivity contribution in [2.75, 3.05) is 26.9 Å². The fraction of sp³-hybridized carbons (Fsp3) is 0.381. The van der Waals surface area contributed by atoms with E-state index in [4.69, 9.17) is 9.47 Å². The van der Waals surface area contributed by atoms with Crippen LogP contribution < -0.4 is 10.1 Å². The first-order chi connectivity index (χ1) is 12.7. The van der Waals surface area contributed by atoms with E-state index in [0.29, 0.717) is 26.1 Å². The first kappa shape index (κ1) is 18.4. The number of ether oxygens (including phenoxy) is 2. The minimum absolute atomic E-state index is 0.0751. The highest BCUT2D eigenvalue weighted by Crippen LogP contribution is 2.36. The van der Waals surface area contributed by atoms with E-state index < -0.39 is 11.5 Å². The van der Waals surface area contributed by atoms with Gasteiger partial charge in [-0.25, -0.2) is 0 Å². The van der Waals surface area contributed by atoms with Crippen molar-refractivity contribution < 1.29 is 19.4 Å². The summed E-state index contributed by atoms with van der Waals surface area (Å²) >= 11 is 0. The second-order valence-corrected chi connectivity index (χ2v) is 6.54. The second-order valence-electron chi connectivity index (χ2n) is 6.54. The van der Waals surface area contributed by atoms with E-state index in [0.717, 1.165) is 16.9 Å². The molecular weight excluding hydrogens is 330 g/mol. The fourth-order valence-electron chi connectivity index (χ4n) is 3.49. The summed E-state index contributed by atoms with van der Waals surface area (Å²) in [5.74, 6) is 0.683. The number of rotatable bonds is 6. The number of aliphatic hydroxyl groups excluding tert-OH is 1. The molecule has 1 heterocycles. The van der Waals surface area contributed by atoms with Gasteiger partial charge in [0.05, 0.1) is 25.2 Å². The van der Waals surface area contributed by atoms with Crippen molar-refractivity contribution in [3.63, 3.8) is 0 Å². The maximum Gasteiger partial charge on any atom is 0.231 e. The Labute approximate surface area is 153 Å². The van der Waals surface area contributed by atoms with Gasteiger partial charge in [0.25, 0.3) is 0 Å². The lowest BCUT2D eigenvalue weighted by Gasteiger charge is -2.37. The van der Waals surface area contributed by atoms with Gasteiger partial charge in [-0.1, -0.05) is 42.5 Å². The molecule has 0 aromatic heterocycles. The van der Waals surface area contributed by atoms with Gasteiger partial charge in [-0.2, -0.15) is 0 Å². The summed E-state index contributed by atoms with van der Waals surface area (Å²) in [6.07, 6.45) is 1.22. The average Bonchev–Trinajstić information content (AvgIpc) is 2.73. The van der Waals surface area contributed by atoms with Crippen molar-refractivity contribution in [3.8, 4) is 5.75 Å². The molecule has 0 radical (unpaired) electrons. The third-order valence-corrected chi connectivity index (χ3v) is 5.11. The van der Waals surface area contributed by atoms with Crippen LogP contribution in [0.4, 0.5) is 0 Å². The Balaban J connectivity index is 1.87. The van der Waals surface area contributed by atoms with Gasteiger partial charge < -0.3 is 19.9 Å². The Bertz CT molecular complexity index is 709. The van der Waals surface area contributed by atoms with Crippen LogP contribution in [-0.4, -0.2) is 37.9 Å². The lowest BCUT2D eigenvalue weighted by molar-refractivity contribution is -0.131. The Morgan fingerprint density at radius 3 is 2.38 bits per heavy atom. The molecule has 2 aromatic carbocycles. The summed E-state index contributed by atoms with van der Waals surface area (Å²) in [4.78, 5) is 13.3. The van der Waals surface area contributed by atoms with Crippen LogP contribution in [0.5, 0.6) is 5.75 Å². The fourth-order valence-corrected chi connectivity index (χ4v) is 3.49. The van der Waals surface area contributed by atoms with Crippen LogP contribution >= 0.6 is 0 Å². The van der Waals surface area contributed by atoms with Gasteiger partial charge in [-0.3, -0.25) is 4.79 Å². The normalized spacial score (nSPS) is 17.3. The predicted octanol–water partition coefficient (Wildman–Crippen LogP) is 2.59. The molecule has 0 aliphatic carbocycles. The van der Waals surface area contributed by atoms with Crippen LogP contribution in [0.15, 0.2) is 54.6 Å². The average molecular weight is 355 g/mol. The molecule has 138 valence electrons. The molecule has 1 aliphatic rings. The Morgan fingerprint density at radius 2 is 1.81 bits per heavy atom. The molecule has 1 fully saturated rings. The Morgan fingerprint density at radius 1 is 1.15 bits per heavy atom. The predicted molar refractivity (Wildman–Crippen MR) is 99.1 cm³/mol. The lowest BCUT2D eigenvalue weighted by atomic mass is 9.73. The molecule has 1 unspecified atom stereocenters. The van der Waals surface area contributed by atoms with Crippen molar-refractivity contribution in [1.82, 2.24) is 5.32 Å². The van der Waals surface area contributed by atoms with Crippen LogP contribution in [0, 0.1) is 0 Å². The lowest BCUT2D eigenvalue weighted by Crippen LogP contribution is -2.49. The first-order valence-corrected chi connectivity index (χ1v) is 8.88. The maximum atomic E-state index is 13.3.